The molecule has 5 rings (SSSR count). The third-order valence-corrected chi connectivity index (χ3v) is 7.90. The number of hydrogen-bond donors (Lipinski definition) is 1. The van der Waals surface area contributed by atoms with Crippen LogP contribution in [0.4, 0.5) is 14.5 Å². The van der Waals surface area contributed by atoms with Crippen LogP contribution >= 0.6 is 11.6 Å². The van der Waals surface area contributed by atoms with E-state index in [0.717, 1.165) is 29.2 Å². The summed E-state index contributed by atoms with van der Waals surface area (Å²) in [6.07, 6.45) is 0.426. The second kappa shape index (κ2) is 10.7. The smallest absolute Gasteiger partial charge is 0.337 e. The molecule has 1 unspecified atom stereocenters. The summed E-state index contributed by atoms with van der Waals surface area (Å²) in [5, 5.41) is 10.2. The summed E-state index contributed by atoms with van der Waals surface area (Å²) in [7, 11) is 0. The first kappa shape index (κ1) is 29.0. The number of carbonyl (C=O) groups excluding carboxylic acids is 1. The zero-order valence-electron chi connectivity index (χ0n) is 23.7. The molecule has 41 heavy (non-hydrogen) atoms. The maximum absolute atomic E-state index is 15.5. The maximum atomic E-state index is 15.5. The molecule has 9 heteroatoms. The minimum Gasteiger partial charge on any atom is -0.490 e. The number of benzene rings is 3. The van der Waals surface area contributed by atoms with Crippen molar-refractivity contribution in [3.8, 4) is 16.9 Å². The van der Waals surface area contributed by atoms with Crippen molar-refractivity contribution >= 4 is 29.2 Å². The lowest BCUT2D eigenvalue weighted by atomic mass is 9.83. The van der Waals surface area contributed by atoms with E-state index in [9.17, 15) is 19.1 Å². The lowest BCUT2D eigenvalue weighted by Gasteiger charge is -2.30. The molecule has 3 aromatic rings. The van der Waals surface area contributed by atoms with Crippen LogP contribution in [0.2, 0.25) is 5.02 Å². The van der Waals surface area contributed by atoms with Gasteiger partial charge in [-0.05, 0) is 112 Å². The van der Waals surface area contributed by atoms with E-state index in [2.05, 4.69) is 0 Å². The highest BCUT2D eigenvalue weighted by Crippen LogP contribution is 2.48. The molecule has 1 N–H and O–H groups in total. The number of nitrogens with zero attached hydrogens (tertiary/aromatic N) is 1. The van der Waals surface area contributed by atoms with Gasteiger partial charge in [0, 0.05) is 28.9 Å². The van der Waals surface area contributed by atoms with Crippen LogP contribution in [-0.4, -0.2) is 35.7 Å². The number of fused-ring (bicyclic) bond motifs is 2. The van der Waals surface area contributed by atoms with Crippen molar-refractivity contribution in [1.29, 1.82) is 0 Å². The van der Waals surface area contributed by atoms with Gasteiger partial charge in [-0.3, -0.25) is 4.79 Å². The van der Waals surface area contributed by atoms with Crippen LogP contribution in [-0.2, 0) is 22.4 Å². The fourth-order valence-electron chi connectivity index (χ4n) is 5.84. The number of hydrogen-bond acceptors (Lipinski definition) is 4. The molecule has 0 aromatic heterocycles. The van der Waals surface area contributed by atoms with Crippen molar-refractivity contribution in [3.05, 3.63) is 80.4 Å². The fourth-order valence-corrected chi connectivity index (χ4v) is 6.02. The summed E-state index contributed by atoms with van der Waals surface area (Å²) >= 11 is 5.96. The minimum atomic E-state index is -1.34. The standard InChI is InChI=1S/C32H32ClF2NO5/c1-16-13-25-20(10-11-36(25)30(37)18-8-9-23(34)22(33)14-18)27(26(16)29(31(38)39)41-32(3,4)5)21-15-24(35)28-19(17(21)2)7-6-12-40-28/h8-9,13-15,29H,6-7,10-12H2,1-5H3,(H,38,39). The predicted molar refractivity (Wildman–Crippen MR) is 153 cm³/mol. The molecule has 216 valence electrons. The van der Waals surface area contributed by atoms with E-state index >= 15 is 4.39 Å². The van der Waals surface area contributed by atoms with Crippen molar-refractivity contribution < 1.29 is 33.0 Å². The van der Waals surface area contributed by atoms with E-state index in [1.807, 2.05) is 6.92 Å². The highest BCUT2D eigenvalue weighted by Gasteiger charge is 2.37. The van der Waals surface area contributed by atoms with Crippen LogP contribution < -0.4 is 9.64 Å². The van der Waals surface area contributed by atoms with Crippen molar-refractivity contribution in [2.45, 2.75) is 65.6 Å². The quantitative estimate of drug-likeness (QED) is 0.339. The molecule has 0 bridgehead atoms. The van der Waals surface area contributed by atoms with E-state index in [4.69, 9.17) is 21.1 Å². The van der Waals surface area contributed by atoms with E-state index in [-0.39, 0.29) is 22.2 Å². The number of anilines is 1. The molecule has 0 spiro atoms. The van der Waals surface area contributed by atoms with E-state index in [1.165, 1.54) is 18.2 Å². The van der Waals surface area contributed by atoms with Crippen LogP contribution in [0.15, 0.2) is 30.3 Å². The highest BCUT2D eigenvalue weighted by molar-refractivity contribution is 6.31. The first-order chi connectivity index (χ1) is 19.3. The SMILES string of the molecule is Cc1cc2c(c(-c3cc(F)c4c(c3C)CCCO4)c1C(OC(C)(C)C)C(=O)O)CCN2C(=O)c1ccc(F)c(Cl)c1. The number of carboxylic acid groups (broad SMARTS) is 1. The number of amides is 1. The van der Waals surface area contributed by atoms with E-state index in [1.54, 1.807) is 38.7 Å². The van der Waals surface area contributed by atoms with Gasteiger partial charge in [-0.2, -0.15) is 0 Å². The second-order valence-electron chi connectivity index (χ2n) is 11.6. The number of halogens is 3. The van der Waals surface area contributed by atoms with Gasteiger partial charge in [0.05, 0.1) is 17.2 Å². The Labute approximate surface area is 242 Å². The average molecular weight is 584 g/mol. The molecule has 0 saturated carbocycles. The van der Waals surface area contributed by atoms with Gasteiger partial charge < -0.3 is 19.5 Å². The van der Waals surface area contributed by atoms with Crippen LogP contribution in [0.3, 0.4) is 0 Å². The highest BCUT2D eigenvalue weighted by atomic mass is 35.5. The molecular formula is C32H32ClF2NO5. The largest absolute Gasteiger partial charge is 0.490 e. The zero-order valence-corrected chi connectivity index (χ0v) is 24.4. The summed E-state index contributed by atoms with van der Waals surface area (Å²) in [4.78, 5) is 27.9. The minimum absolute atomic E-state index is 0.159. The van der Waals surface area contributed by atoms with Gasteiger partial charge >= 0.3 is 5.97 Å². The summed E-state index contributed by atoms with van der Waals surface area (Å²) in [6.45, 7) is 9.72. The number of ether oxygens (including phenoxy) is 2. The molecule has 0 saturated heterocycles. The lowest BCUT2D eigenvalue weighted by molar-refractivity contribution is -0.160. The number of aliphatic carboxylic acids is 1. The Morgan fingerprint density at radius 2 is 1.80 bits per heavy atom. The van der Waals surface area contributed by atoms with Crippen LogP contribution in [0.25, 0.3) is 11.1 Å². The van der Waals surface area contributed by atoms with Crippen molar-refractivity contribution in [2.75, 3.05) is 18.1 Å². The molecule has 0 radical (unpaired) electrons. The number of aryl methyl sites for hydroxylation is 1. The Morgan fingerprint density at radius 3 is 2.46 bits per heavy atom. The Morgan fingerprint density at radius 1 is 1.07 bits per heavy atom. The summed E-state index contributed by atoms with van der Waals surface area (Å²) < 4.78 is 41.1. The van der Waals surface area contributed by atoms with Gasteiger partial charge in [-0.1, -0.05) is 11.6 Å². The number of rotatable bonds is 5. The summed E-state index contributed by atoms with van der Waals surface area (Å²) in [5.41, 5.74) is 4.38. The molecule has 6 nitrogen and oxygen atoms in total. The van der Waals surface area contributed by atoms with Gasteiger partial charge in [0.25, 0.3) is 5.91 Å². The summed E-state index contributed by atoms with van der Waals surface area (Å²) in [6, 6.07) is 7.00. The molecule has 1 atom stereocenters. The first-order valence-corrected chi connectivity index (χ1v) is 14.0. The molecule has 2 aliphatic rings. The van der Waals surface area contributed by atoms with Crippen molar-refractivity contribution in [3.63, 3.8) is 0 Å². The molecule has 2 heterocycles. The Kier molecular flexibility index (Phi) is 7.59. The van der Waals surface area contributed by atoms with Gasteiger partial charge in [0.15, 0.2) is 17.7 Å². The lowest BCUT2D eigenvalue weighted by Crippen LogP contribution is -2.29. The third kappa shape index (κ3) is 5.31. The van der Waals surface area contributed by atoms with Crippen molar-refractivity contribution in [1.82, 2.24) is 0 Å². The molecule has 3 aromatic carbocycles. The number of carbonyl (C=O) groups is 2. The topological polar surface area (TPSA) is 76.1 Å². The Balaban J connectivity index is 1.77. The number of carboxylic acids is 1. The van der Waals surface area contributed by atoms with Crippen LogP contribution in [0.1, 0.15) is 71.5 Å². The van der Waals surface area contributed by atoms with Crippen LogP contribution in [0.5, 0.6) is 5.75 Å². The molecule has 0 fully saturated rings. The zero-order chi connectivity index (χ0) is 29.8. The van der Waals surface area contributed by atoms with Gasteiger partial charge in [0.2, 0.25) is 0 Å². The fraction of sp³-hybridized carbons (Fsp3) is 0.375. The molecule has 0 aliphatic carbocycles. The van der Waals surface area contributed by atoms with Gasteiger partial charge in [-0.25, -0.2) is 13.6 Å². The average Bonchev–Trinajstić information content (AvgIpc) is 3.32. The molecule has 2 aliphatic heterocycles. The monoisotopic (exact) mass is 583 g/mol. The van der Waals surface area contributed by atoms with Crippen LogP contribution in [0, 0.1) is 25.5 Å². The predicted octanol–water partition coefficient (Wildman–Crippen LogP) is 7.37. The normalized spacial score (nSPS) is 15.3. The first-order valence-electron chi connectivity index (χ1n) is 13.6. The van der Waals surface area contributed by atoms with Gasteiger partial charge in [0.1, 0.15) is 5.82 Å². The second-order valence-corrected chi connectivity index (χ2v) is 12.0. The van der Waals surface area contributed by atoms with Crippen molar-refractivity contribution in [2.24, 2.45) is 0 Å². The summed E-state index contributed by atoms with van der Waals surface area (Å²) in [5.74, 6) is -2.45. The van der Waals surface area contributed by atoms with E-state index in [0.29, 0.717) is 53.9 Å². The maximum Gasteiger partial charge on any atom is 0.337 e. The van der Waals surface area contributed by atoms with E-state index < -0.39 is 29.3 Å². The molecule has 1 amide bonds. The molecular weight excluding hydrogens is 552 g/mol. The van der Waals surface area contributed by atoms with Gasteiger partial charge in [-0.15, -0.1) is 0 Å². The Bertz CT molecular complexity index is 1580. The Hall–Kier alpha value is -3.49. The third-order valence-electron chi connectivity index (χ3n) is 7.61.